The van der Waals surface area contributed by atoms with E-state index >= 15 is 0 Å². The number of nitrogens with one attached hydrogen (secondary N) is 2. The molecular weight excluding hydrogens is 464 g/mol. The van der Waals surface area contributed by atoms with Gasteiger partial charge in [0, 0.05) is 13.1 Å². The van der Waals surface area contributed by atoms with Crippen LogP contribution in [0.3, 0.4) is 0 Å². The average Bonchev–Trinajstić information content (AvgIpc) is 3.17. The van der Waals surface area contributed by atoms with Gasteiger partial charge in [-0.05, 0) is 11.6 Å². The summed E-state index contributed by atoms with van der Waals surface area (Å²) in [7, 11) is 0. The van der Waals surface area contributed by atoms with Crippen molar-refractivity contribution in [1.82, 2.24) is 13.4 Å². The number of aromatic amines is 1. The van der Waals surface area contributed by atoms with Crippen LogP contribution in [0.15, 0.2) is 35.6 Å². The molecule has 138 valence electrons. The van der Waals surface area contributed by atoms with E-state index in [0.29, 0.717) is 30.2 Å². The molecule has 2 aromatic rings. The Morgan fingerprint density at radius 2 is 2.15 bits per heavy atom. The van der Waals surface area contributed by atoms with Crippen LogP contribution in [0, 0.1) is 0 Å². The molecule has 4 N–H and O–H groups in total. The zero-order valence-corrected chi connectivity index (χ0v) is 15.4. The zero-order chi connectivity index (χ0) is 18.9. The van der Waals surface area contributed by atoms with E-state index in [1.54, 1.807) is 22.9 Å². The van der Waals surface area contributed by atoms with E-state index in [1.165, 1.54) is 18.3 Å². The van der Waals surface area contributed by atoms with Gasteiger partial charge in [-0.25, -0.2) is 0 Å². The second kappa shape index (κ2) is 7.23. The Morgan fingerprint density at radius 3 is 2.85 bits per heavy atom. The number of aromatic nitrogens is 2. The topological polar surface area (TPSA) is 99.4 Å². The van der Waals surface area contributed by atoms with Crippen LogP contribution in [0.2, 0.25) is 0 Å². The second-order valence-corrected chi connectivity index (χ2v) is 6.43. The smallest absolute Gasteiger partial charge is 0.381 e. The number of nitrogens with zero attached hydrogens (tertiary/aromatic N) is 3. The molecule has 2 heterocycles. The van der Waals surface area contributed by atoms with Crippen molar-refractivity contribution in [3.8, 4) is 0 Å². The summed E-state index contributed by atoms with van der Waals surface area (Å²) in [5.74, 6) is -1.40. The summed E-state index contributed by atoms with van der Waals surface area (Å²) in [6, 6.07) is 4.69. The summed E-state index contributed by atoms with van der Waals surface area (Å²) in [5, 5.41) is 13.9. The number of amides is 1. The lowest BCUT2D eigenvalue weighted by Gasteiger charge is -2.14. The number of hydrogen-bond donors (Lipinski definition) is 3. The molecule has 1 unspecified atom stereocenters. The highest BCUT2D eigenvalue weighted by molar-refractivity contribution is 14.1. The van der Waals surface area contributed by atoms with Gasteiger partial charge >= 0.3 is 6.18 Å². The molecule has 0 saturated carbocycles. The molecule has 11 heteroatoms. The number of hydrogen-bond acceptors (Lipinski definition) is 5. The van der Waals surface area contributed by atoms with Gasteiger partial charge in [-0.15, -0.1) is 0 Å². The minimum absolute atomic E-state index is 0.210. The highest BCUT2D eigenvalue weighted by Crippen LogP contribution is 2.36. The highest BCUT2D eigenvalue weighted by Gasteiger charge is 2.40. The van der Waals surface area contributed by atoms with Gasteiger partial charge in [0.25, 0.3) is 5.91 Å². The Morgan fingerprint density at radius 1 is 1.38 bits per heavy atom. The molecule has 1 aliphatic heterocycles. The van der Waals surface area contributed by atoms with Crippen LogP contribution in [0.1, 0.15) is 22.7 Å². The van der Waals surface area contributed by atoms with Crippen LogP contribution in [0.25, 0.3) is 0 Å². The Balaban J connectivity index is 2.02. The molecule has 1 amide bonds. The minimum atomic E-state index is -4.50. The van der Waals surface area contributed by atoms with E-state index in [1.807, 2.05) is 0 Å². The van der Waals surface area contributed by atoms with E-state index < -0.39 is 23.6 Å². The number of benzene rings is 1. The van der Waals surface area contributed by atoms with Gasteiger partial charge < -0.3 is 11.1 Å². The SMILES string of the molecule is NCCNc1cn[nH]c1C1=NN(I)C(=O)C1c1cccc(C(F)(F)F)c1. The summed E-state index contributed by atoms with van der Waals surface area (Å²) < 4.78 is 40.2. The molecule has 1 aromatic heterocycles. The molecule has 0 bridgehead atoms. The quantitative estimate of drug-likeness (QED) is 0.455. The van der Waals surface area contributed by atoms with Crippen LogP contribution in [-0.4, -0.2) is 38.1 Å². The predicted octanol–water partition coefficient (Wildman–Crippen LogP) is 2.48. The van der Waals surface area contributed by atoms with Crippen molar-refractivity contribution in [3.63, 3.8) is 0 Å². The number of alkyl halides is 3. The lowest BCUT2D eigenvalue weighted by molar-refractivity contribution is -0.137. The minimum Gasteiger partial charge on any atom is -0.381 e. The Kier molecular flexibility index (Phi) is 5.18. The molecule has 0 fully saturated rings. The van der Waals surface area contributed by atoms with Crippen molar-refractivity contribution in [1.29, 1.82) is 0 Å². The molecule has 1 aromatic carbocycles. The van der Waals surface area contributed by atoms with Crippen molar-refractivity contribution in [2.45, 2.75) is 12.1 Å². The number of hydrazone groups is 1. The first-order chi connectivity index (χ1) is 12.3. The van der Waals surface area contributed by atoms with Crippen LogP contribution in [0.4, 0.5) is 18.9 Å². The highest BCUT2D eigenvalue weighted by atomic mass is 127. The van der Waals surface area contributed by atoms with Gasteiger partial charge in [0.15, 0.2) is 0 Å². The summed E-state index contributed by atoms with van der Waals surface area (Å²) in [6.07, 6.45) is -2.99. The fourth-order valence-corrected chi connectivity index (χ4v) is 3.15. The first kappa shape index (κ1) is 18.6. The van der Waals surface area contributed by atoms with Crippen molar-refractivity contribution in [2.24, 2.45) is 10.8 Å². The second-order valence-electron chi connectivity index (χ2n) is 5.51. The van der Waals surface area contributed by atoms with Gasteiger partial charge in [0.05, 0.1) is 40.3 Å². The standard InChI is InChI=1S/C15H14F3IN6O/c16-15(17,18)9-3-1-2-8(6-9)11-13(24-25(19)14(11)26)12-10(7-22-23-12)21-5-4-20/h1-3,6-7,11,21H,4-5,20H2,(H,22,23). The molecule has 1 atom stereocenters. The maximum absolute atomic E-state index is 13.0. The first-order valence-electron chi connectivity index (χ1n) is 7.56. The molecule has 3 rings (SSSR count). The number of halogens is 4. The van der Waals surface area contributed by atoms with Crippen molar-refractivity contribution < 1.29 is 18.0 Å². The third-order valence-electron chi connectivity index (χ3n) is 3.80. The van der Waals surface area contributed by atoms with E-state index in [9.17, 15) is 18.0 Å². The number of nitrogens with two attached hydrogens (primary N) is 1. The number of anilines is 1. The van der Waals surface area contributed by atoms with Crippen LogP contribution >= 0.6 is 22.9 Å². The fraction of sp³-hybridized carbons (Fsp3) is 0.267. The van der Waals surface area contributed by atoms with Crippen LogP contribution in [0.5, 0.6) is 0 Å². The largest absolute Gasteiger partial charge is 0.416 e. The van der Waals surface area contributed by atoms with Crippen LogP contribution < -0.4 is 11.1 Å². The fourth-order valence-electron chi connectivity index (χ4n) is 2.64. The molecular formula is C15H14F3IN6O. The van der Waals surface area contributed by atoms with E-state index in [-0.39, 0.29) is 5.56 Å². The van der Waals surface area contributed by atoms with Gasteiger partial charge in [-0.1, -0.05) is 18.2 Å². The summed E-state index contributed by atoms with van der Waals surface area (Å²) in [4.78, 5) is 12.5. The van der Waals surface area contributed by atoms with Crippen molar-refractivity contribution in [3.05, 3.63) is 47.3 Å². The Bertz CT molecular complexity index is 850. The number of H-pyrrole nitrogens is 1. The third-order valence-corrected chi connectivity index (χ3v) is 4.49. The maximum atomic E-state index is 13.0. The zero-order valence-electron chi connectivity index (χ0n) is 13.2. The summed E-state index contributed by atoms with van der Waals surface area (Å²) >= 11 is 1.70. The van der Waals surface area contributed by atoms with Gasteiger partial charge in [-0.2, -0.15) is 26.6 Å². The number of carbonyl (C=O) groups is 1. The summed E-state index contributed by atoms with van der Waals surface area (Å²) in [5.41, 5.74) is 6.17. The average molecular weight is 478 g/mol. The maximum Gasteiger partial charge on any atom is 0.416 e. The Labute approximate surface area is 160 Å². The number of rotatable bonds is 5. The molecule has 0 radical (unpaired) electrons. The molecule has 0 aliphatic carbocycles. The van der Waals surface area contributed by atoms with Gasteiger partial charge in [0.1, 0.15) is 17.3 Å². The van der Waals surface area contributed by atoms with E-state index in [0.717, 1.165) is 15.4 Å². The van der Waals surface area contributed by atoms with E-state index in [2.05, 4.69) is 20.6 Å². The Hall–Kier alpha value is -2.15. The molecule has 26 heavy (non-hydrogen) atoms. The van der Waals surface area contributed by atoms with E-state index in [4.69, 9.17) is 5.73 Å². The molecule has 1 aliphatic rings. The number of carbonyl (C=O) groups excluding carboxylic acids is 1. The van der Waals surface area contributed by atoms with Gasteiger partial charge in [-0.3, -0.25) is 9.89 Å². The lowest BCUT2D eigenvalue weighted by Crippen LogP contribution is -2.22. The van der Waals surface area contributed by atoms with Crippen LogP contribution in [-0.2, 0) is 11.0 Å². The van der Waals surface area contributed by atoms with Gasteiger partial charge in [0.2, 0.25) is 0 Å². The molecule has 0 spiro atoms. The first-order valence-corrected chi connectivity index (χ1v) is 8.52. The lowest BCUT2D eigenvalue weighted by atomic mass is 9.91. The summed E-state index contributed by atoms with van der Waals surface area (Å²) in [6.45, 7) is 0.849. The van der Waals surface area contributed by atoms with Crippen molar-refractivity contribution >= 4 is 40.2 Å². The molecule has 0 saturated heterocycles. The normalized spacial score (nSPS) is 17.6. The predicted molar refractivity (Wildman–Crippen MR) is 97.7 cm³/mol. The molecule has 7 nitrogen and oxygen atoms in total. The monoisotopic (exact) mass is 478 g/mol. The third kappa shape index (κ3) is 3.53. The van der Waals surface area contributed by atoms with Crippen molar-refractivity contribution in [2.75, 3.05) is 18.4 Å².